The smallest absolute Gasteiger partial charge is 0.395 e. The average molecular weight is 509 g/mol. The summed E-state index contributed by atoms with van der Waals surface area (Å²) in [5.74, 6) is 0.282. The fourth-order valence-corrected chi connectivity index (χ4v) is 4.42. The number of aliphatic hydroxyl groups excluding tert-OH is 1. The highest BCUT2D eigenvalue weighted by molar-refractivity contribution is 8.13. The molecule has 3 atom stereocenters. The van der Waals surface area contributed by atoms with E-state index in [2.05, 4.69) is 15.0 Å². The zero-order valence-electron chi connectivity index (χ0n) is 18.4. The molecule has 0 aliphatic rings. The summed E-state index contributed by atoms with van der Waals surface area (Å²) in [5.41, 5.74) is 5.74. The van der Waals surface area contributed by atoms with Gasteiger partial charge in [-0.15, -0.1) is 9.05 Å². The van der Waals surface area contributed by atoms with Crippen molar-refractivity contribution in [2.75, 3.05) is 38.4 Å². The van der Waals surface area contributed by atoms with Gasteiger partial charge >= 0.3 is 8.25 Å². The number of carbonyl (C=O) groups excluding carboxylic acids is 1. The van der Waals surface area contributed by atoms with E-state index in [4.69, 9.17) is 31.1 Å². The number of thioether (sulfide) groups is 1. The molecule has 0 saturated heterocycles. The predicted molar refractivity (Wildman–Crippen MR) is 122 cm³/mol. The molecule has 0 aliphatic heterocycles. The number of nitrogens with two attached hydrogens (primary N) is 1. The lowest BCUT2D eigenvalue weighted by Crippen LogP contribution is -2.26. The van der Waals surface area contributed by atoms with Gasteiger partial charge in [0.2, 0.25) is 5.95 Å². The Balaban J connectivity index is 1.80. The lowest BCUT2D eigenvalue weighted by Gasteiger charge is -2.23. The molecular formula is C18H28ClN5O6PS+. The van der Waals surface area contributed by atoms with Gasteiger partial charge in [0.15, 0.2) is 15.9 Å². The van der Waals surface area contributed by atoms with E-state index >= 15 is 0 Å². The number of fused-ring (bicyclic) bond motifs is 1. The van der Waals surface area contributed by atoms with Crippen molar-refractivity contribution in [1.29, 1.82) is 0 Å². The van der Waals surface area contributed by atoms with Crippen LogP contribution in [-0.4, -0.2) is 62.4 Å². The molecule has 14 heteroatoms. The molecule has 2 aromatic rings. The van der Waals surface area contributed by atoms with Crippen LogP contribution < -0.4 is 5.73 Å². The van der Waals surface area contributed by atoms with E-state index < -0.39 is 19.9 Å². The predicted octanol–water partition coefficient (Wildman–Crippen LogP) is 3.20. The summed E-state index contributed by atoms with van der Waals surface area (Å²) in [6, 6.07) is 0. The van der Waals surface area contributed by atoms with Gasteiger partial charge in [-0.05, 0) is 20.3 Å². The highest BCUT2D eigenvalue weighted by atomic mass is 35.5. The zero-order valence-corrected chi connectivity index (χ0v) is 20.8. The number of imidazole rings is 1. The quantitative estimate of drug-likeness (QED) is 0.233. The fraction of sp³-hybridized carbons (Fsp3) is 0.667. The summed E-state index contributed by atoms with van der Waals surface area (Å²) >= 11 is 7.10. The molecule has 2 heterocycles. The first kappa shape index (κ1) is 26.8. The summed E-state index contributed by atoms with van der Waals surface area (Å²) in [7, 11) is -0.762. The van der Waals surface area contributed by atoms with Gasteiger partial charge in [-0.1, -0.05) is 30.3 Å². The minimum Gasteiger partial charge on any atom is -0.395 e. The molecule has 11 nitrogen and oxygen atoms in total. The normalized spacial score (nSPS) is 14.5. The first-order chi connectivity index (χ1) is 15.1. The molecule has 0 spiro atoms. The third-order valence-corrected chi connectivity index (χ3v) is 6.87. The van der Waals surface area contributed by atoms with Crippen LogP contribution in [-0.2, 0) is 23.1 Å². The SMILES string of the molecule is COC(C(C)CCO[P+](=O)OCCSC(=O)C(C)(C)CO)n1cnc2c(Cl)nc(N)nc21. The number of carbonyl (C=O) groups is 1. The Labute approximate surface area is 196 Å². The number of nitrogen functional groups attached to an aromatic ring is 1. The number of halogens is 1. The molecular weight excluding hydrogens is 481 g/mol. The maximum absolute atomic E-state index is 11.9. The Kier molecular flexibility index (Phi) is 10.2. The van der Waals surface area contributed by atoms with Crippen LogP contribution in [0.1, 0.15) is 33.4 Å². The summed E-state index contributed by atoms with van der Waals surface area (Å²) in [4.78, 5) is 24.2. The Morgan fingerprint density at radius 1 is 1.38 bits per heavy atom. The maximum atomic E-state index is 11.9. The summed E-state index contributed by atoms with van der Waals surface area (Å²) in [6.45, 7) is 5.28. The molecule has 0 aromatic carbocycles. The average Bonchev–Trinajstić information content (AvgIpc) is 3.15. The molecule has 3 unspecified atom stereocenters. The van der Waals surface area contributed by atoms with Gasteiger partial charge in [0.05, 0.1) is 18.3 Å². The molecule has 178 valence electrons. The standard InChI is InChI=1S/C18H28ClN5O6PS/c1-11(5-6-29-31(27)30-7-8-32-16(26)18(2,3)9-25)15(28-4)24-10-21-12-13(19)22-17(20)23-14(12)24/h10-11,15,25H,5-9H2,1-4H3,(H2,20,22,23)/q+1. The highest BCUT2D eigenvalue weighted by Gasteiger charge is 2.28. The van der Waals surface area contributed by atoms with Crippen molar-refractivity contribution in [3.05, 3.63) is 11.5 Å². The van der Waals surface area contributed by atoms with Gasteiger partial charge in [-0.3, -0.25) is 9.36 Å². The van der Waals surface area contributed by atoms with Crippen molar-refractivity contribution >= 4 is 53.8 Å². The zero-order chi connectivity index (χ0) is 23.9. The van der Waals surface area contributed by atoms with Crippen LogP contribution in [0.2, 0.25) is 5.15 Å². The van der Waals surface area contributed by atoms with Crippen LogP contribution in [0.3, 0.4) is 0 Å². The van der Waals surface area contributed by atoms with E-state index in [9.17, 15) is 14.5 Å². The minimum absolute atomic E-state index is 0.0315. The number of hydrogen-bond donors (Lipinski definition) is 2. The minimum atomic E-state index is -2.32. The van der Waals surface area contributed by atoms with E-state index in [1.165, 1.54) is 0 Å². The Morgan fingerprint density at radius 2 is 2.06 bits per heavy atom. The molecule has 0 aliphatic carbocycles. The molecule has 0 saturated carbocycles. The number of ether oxygens (including phenoxy) is 1. The Bertz CT molecular complexity index is 946. The second-order valence-electron chi connectivity index (χ2n) is 7.66. The van der Waals surface area contributed by atoms with E-state index in [0.717, 1.165) is 11.8 Å². The van der Waals surface area contributed by atoms with Gasteiger partial charge in [0, 0.05) is 23.3 Å². The van der Waals surface area contributed by atoms with Crippen molar-refractivity contribution in [2.24, 2.45) is 11.3 Å². The van der Waals surface area contributed by atoms with Crippen LogP contribution in [0, 0.1) is 11.3 Å². The second kappa shape index (κ2) is 12.2. The topological polar surface area (TPSA) is 152 Å². The lowest BCUT2D eigenvalue weighted by molar-refractivity contribution is -0.119. The monoisotopic (exact) mass is 508 g/mol. The number of aromatic nitrogens is 4. The molecule has 32 heavy (non-hydrogen) atoms. The summed E-state index contributed by atoms with van der Waals surface area (Å²) in [6.07, 6.45) is 1.62. The highest BCUT2D eigenvalue weighted by Crippen LogP contribution is 2.30. The molecule has 3 N–H and O–H groups in total. The van der Waals surface area contributed by atoms with Crippen molar-refractivity contribution < 1.29 is 28.3 Å². The van der Waals surface area contributed by atoms with Gasteiger partial charge in [-0.25, -0.2) is 4.98 Å². The largest absolute Gasteiger partial charge is 0.697 e. The van der Waals surface area contributed by atoms with Crippen LogP contribution in [0.15, 0.2) is 6.33 Å². The molecule has 0 radical (unpaired) electrons. The molecule has 2 rings (SSSR count). The van der Waals surface area contributed by atoms with Crippen LogP contribution in [0.25, 0.3) is 11.2 Å². The molecule has 2 aromatic heterocycles. The van der Waals surface area contributed by atoms with Gasteiger partial charge in [0.25, 0.3) is 0 Å². The van der Waals surface area contributed by atoms with Crippen LogP contribution in [0.4, 0.5) is 5.95 Å². The number of rotatable bonds is 13. The first-order valence-electron chi connectivity index (χ1n) is 9.80. The van der Waals surface area contributed by atoms with Crippen molar-refractivity contribution in [1.82, 2.24) is 19.5 Å². The van der Waals surface area contributed by atoms with Crippen molar-refractivity contribution in [2.45, 2.75) is 33.4 Å². The summed E-state index contributed by atoms with van der Waals surface area (Å²) < 4.78 is 29.6. The van der Waals surface area contributed by atoms with Gasteiger partial charge < -0.3 is 15.6 Å². The van der Waals surface area contributed by atoms with E-state index in [0.29, 0.717) is 23.3 Å². The number of nitrogens with zero attached hydrogens (tertiary/aromatic N) is 4. The number of aliphatic hydroxyl groups is 1. The van der Waals surface area contributed by atoms with Crippen molar-refractivity contribution in [3.63, 3.8) is 0 Å². The molecule has 0 fully saturated rings. The van der Waals surface area contributed by atoms with Gasteiger partial charge in [-0.2, -0.15) is 9.97 Å². The maximum Gasteiger partial charge on any atom is 0.697 e. The van der Waals surface area contributed by atoms with E-state index in [1.807, 2.05) is 6.92 Å². The lowest BCUT2D eigenvalue weighted by atomic mass is 9.97. The first-order valence-corrected chi connectivity index (χ1v) is 12.3. The van der Waals surface area contributed by atoms with E-state index in [1.54, 1.807) is 31.9 Å². The number of methoxy groups -OCH3 is 1. The Hall–Kier alpha value is -1.40. The third kappa shape index (κ3) is 7.05. The van der Waals surface area contributed by atoms with Crippen molar-refractivity contribution in [3.8, 4) is 0 Å². The Morgan fingerprint density at radius 3 is 2.72 bits per heavy atom. The molecule has 0 bridgehead atoms. The van der Waals surface area contributed by atoms with Crippen LogP contribution >= 0.6 is 31.6 Å². The van der Waals surface area contributed by atoms with E-state index in [-0.39, 0.29) is 42.0 Å². The van der Waals surface area contributed by atoms with Gasteiger partial charge in [0.1, 0.15) is 25.0 Å². The fourth-order valence-electron chi connectivity index (χ4n) is 2.70. The molecule has 0 amide bonds. The van der Waals surface area contributed by atoms with Crippen LogP contribution in [0.5, 0.6) is 0 Å². The third-order valence-electron chi connectivity index (χ3n) is 4.63. The summed E-state index contributed by atoms with van der Waals surface area (Å²) in [5, 5.41) is 9.19. The number of hydrogen-bond acceptors (Lipinski definition) is 11. The number of anilines is 1. The second-order valence-corrected chi connectivity index (χ2v) is 10.0.